The van der Waals surface area contributed by atoms with Crippen molar-refractivity contribution in [1.29, 1.82) is 0 Å². The van der Waals surface area contributed by atoms with Crippen molar-refractivity contribution in [3.05, 3.63) is 63.9 Å². The Kier molecular flexibility index (Phi) is 6.48. The molecule has 3 rings (SSSR count). The summed E-state index contributed by atoms with van der Waals surface area (Å²) in [5.74, 6) is -0.0363. The van der Waals surface area contributed by atoms with Crippen LogP contribution in [0.4, 0.5) is 9.52 Å². The third-order valence-electron chi connectivity index (χ3n) is 3.27. The van der Waals surface area contributed by atoms with Gasteiger partial charge in [-0.2, -0.15) is 0 Å². The van der Waals surface area contributed by atoms with Crippen molar-refractivity contribution < 1.29 is 9.18 Å². The van der Waals surface area contributed by atoms with Crippen LogP contribution in [0.25, 0.3) is 10.6 Å². The minimum absolute atomic E-state index is 0.178. The van der Waals surface area contributed by atoms with Crippen LogP contribution in [0.1, 0.15) is 5.56 Å². The summed E-state index contributed by atoms with van der Waals surface area (Å²) < 4.78 is 13.7. The molecule has 0 aliphatic rings. The molecule has 1 aromatic heterocycles. The van der Waals surface area contributed by atoms with Gasteiger partial charge in [0.05, 0.1) is 5.75 Å². The molecule has 9 heteroatoms. The molecule has 0 fully saturated rings. The molecule has 1 N–H and O–H groups in total. The standard InChI is InChI=1S/C17H12Cl2FN3OS2/c18-12-4-1-10(2-5-12)16-22-23-17(26-16)21-15(24)9-25-8-11-3-6-13(19)7-14(11)20/h1-7H,8-9H2,(H,21,23,24). The maximum atomic E-state index is 13.7. The number of halogens is 3. The minimum atomic E-state index is -0.373. The molecule has 0 atom stereocenters. The highest BCUT2D eigenvalue weighted by molar-refractivity contribution is 7.99. The zero-order valence-electron chi connectivity index (χ0n) is 13.2. The van der Waals surface area contributed by atoms with Crippen molar-refractivity contribution in [2.75, 3.05) is 11.1 Å². The molecule has 0 aliphatic carbocycles. The van der Waals surface area contributed by atoms with Crippen molar-refractivity contribution in [2.24, 2.45) is 0 Å². The van der Waals surface area contributed by atoms with Crippen LogP contribution in [-0.4, -0.2) is 21.9 Å². The molecule has 0 radical (unpaired) electrons. The van der Waals surface area contributed by atoms with Crippen LogP contribution in [0.5, 0.6) is 0 Å². The van der Waals surface area contributed by atoms with E-state index in [1.807, 2.05) is 12.1 Å². The van der Waals surface area contributed by atoms with Crippen LogP contribution in [0.2, 0.25) is 10.0 Å². The lowest BCUT2D eigenvalue weighted by Gasteiger charge is -2.04. The predicted octanol–water partition coefficient (Wildman–Crippen LogP) is 5.52. The maximum Gasteiger partial charge on any atom is 0.236 e. The van der Waals surface area contributed by atoms with Gasteiger partial charge >= 0.3 is 0 Å². The van der Waals surface area contributed by atoms with E-state index in [1.54, 1.807) is 24.3 Å². The Balaban J connectivity index is 1.51. The zero-order valence-corrected chi connectivity index (χ0v) is 16.4. The van der Waals surface area contributed by atoms with Gasteiger partial charge in [-0.05, 0) is 29.8 Å². The van der Waals surface area contributed by atoms with Gasteiger partial charge in [-0.25, -0.2) is 4.39 Å². The molecule has 2 aromatic carbocycles. The van der Waals surface area contributed by atoms with Crippen molar-refractivity contribution >= 4 is 57.3 Å². The van der Waals surface area contributed by atoms with Gasteiger partial charge in [0.15, 0.2) is 0 Å². The second kappa shape index (κ2) is 8.81. The molecule has 0 saturated heterocycles. The number of carbonyl (C=O) groups is 1. The molecule has 1 heterocycles. The summed E-state index contributed by atoms with van der Waals surface area (Å²) >= 11 is 14.2. The van der Waals surface area contributed by atoms with E-state index in [9.17, 15) is 9.18 Å². The summed E-state index contributed by atoms with van der Waals surface area (Å²) in [4.78, 5) is 12.0. The van der Waals surface area contributed by atoms with Gasteiger partial charge in [-0.1, -0.05) is 52.7 Å². The van der Waals surface area contributed by atoms with Crippen LogP contribution in [-0.2, 0) is 10.5 Å². The molecular formula is C17H12Cl2FN3OS2. The van der Waals surface area contributed by atoms with Gasteiger partial charge in [0.25, 0.3) is 0 Å². The number of nitrogens with zero attached hydrogens (tertiary/aromatic N) is 2. The molecule has 26 heavy (non-hydrogen) atoms. The monoisotopic (exact) mass is 427 g/mol. The molecule has 4 nitrogen and oxygen atoms in total. The summed E-state index contributed by atoms with van der Waals surface area (Å²) in [6.07, 6.45) is 0. The van der Waals surface area contributed by atoms with E-state index < -0.39 is 0 Å². The van der Waals surface area contributed by atoms with E-state index in [0.717, 1.165) is 5.56 Å². The maximum absolute atomic E-state index is 13.7. The summed E-state index contributed by atoms with van der Waals surface area (Å²) in [6, 6.07) is 11.7. The molecule has 0 aliphatic heterocycles. The minimum Gasteiger partial charge on any atom is -0.300 e. The molecule has 0 bridgehead atoms. The highest BCUT2D eigenvalue weighted by Crippen LogP contribution is 2.27. The fraction of sp³-hybridized carbons (Fsp3) is 0.118. The molecular weight excluding hydrogens is 416 g/mol. The fourth-order valence-electron chi connectivity index (χ4n) is 2.03. The molecule has 1 amide bonds. The van der Waals surface area contributed by atoms with Crippen LogP contribution in [0.3, 0.4) is 0 Å². The Hall–Kier alpha value is -1.67. The highest BCUT2D eigenvalue weighted by atomic mass is 35.5. The number of benzene rings is 2. The second-order valence-electron chi connectivity index (χ2n) is 5.20. The van der Waals surface area contributed by atoms with Gasteiger partial charge in [-0.3, -0.25) is 10.1 Å². The number of rotatable bonds is 6. The average Bonchev–Trinajstić information content (AvgIpc) is 3.06. The van der Waals surface area contributed by atoms with Crippen LogP contribution in [0, 0.1) is 5.82 Å². The van der Waals surface area contributed by atoms with Crippen LogP contribution < -0.4 is 5.32 Å². The van der Waals surface area contributed by atoms with E-state index in [1.165, 1.54) is 29.2 Å². The van der Waals surface area contributed by atoms with Crippen molar-refractivity contribution in [3.8, 4) is 10.6 Å². The second-order valence-corrected chi connectivity index (χ2v) is 8.03. The smallest absolute Gasteiger partial charge is 0.236 e. The number of thioether (sulfide) groups is 1. The number of carbonyl (C=O) groups excluding carboxylic acids is 1. The number of hydrogen-bond acceptors (Lipinski definition) is 5. The summed E-state index contributed by atoms with van der Waals surface area (Å²) in [7, 11) is 0. The van der Waals surface area contributed by atoms with E-state index >= 15 is 0 Å². The summed E-state index contributed by atoms with van der Waals surface area (Å²) in [5.41, 5.74) is 1.38. The molecule has 0 saturated carbocycles. The number of aromatic nitrogens is 2. The highest BCUT2D eigenvalue weighted by Gasteiger charge is 2.11. The SMILES string of the molecule is O=C(CSCc1ccc(Cl)cc1F)Nc1nnc(-c2ccc(Cl)cc2)s1. The van der Waals surface area contributed by atoms with Gasteiger partial charge < -0.3 is 0 Å². The third kappa shape index (κ3) is 5.17. The van der Waals surface area contributed by atoms with Gasteiger partial charge in [0.1, 0.15) is 10.8 Å². The lowest BCUT2D eigenvalue weighted by Crippen LogP contribution is -2.14. The van der Waals surface area contributed by atoms with E-state index in [4.69, 9.17) is 23.2 Å². The number of amides is 1. The van der Waals surface area contributed by atoms with E-state index in [2.05, 4.69) is 15.5 Å². The summed E-state index contributed by atoms with van der Waals surface area (Å²) in [6.45, 7) is 0. The number of nitrogens with one attached hydrogen (secondary N) is 1. The Labute approximate surface area is 167 Å². The van der Waals surface area contributed by atoms with Gasteiger partial charge in [0.2, 0.25) is 11.0 Å². The Morgan fingerprint density at radius 2 is 1.85 bits per heavy atom. The molecule has 3 aromatic rings. The van der Waals surface area contributed by atoms with Crippen LogP contribution in [0.15, 0.2) is 42.5 Å². The normalized spacial score (nSPS) is 10.7. The summed E-state index contributed by atoms with van der Waals surface area (Å²) in [5, 5.41) is 12.8. The van der Waals surface area contributed by atoms with E-state index in [-0.39, 0.29) is 17.5 Å². The first-order valence-electron chi connectivity index (χ1n) is 7.42. The van der Waals surface area contributed by atoms with Crippen molar-refractivity contribution in [1.82, 2.24) is 10.2 Å². The first-order valence-corrected chi connectivity index (χ1v) is 10.1. The first-order chi connectivity index (χ1) is 12.5. The predicted molar refractivity (Wildman–Crippen MR) is 107 cm³/mol. The first kappa shape index (κ1) is 19.1. The third-order valence-corrected chi connectivity index (χ3v) is 5.62. The van der Waals surface area contributed by atoms with E-state index in [0.29, 0.717) is 31.5 Å². The average molecular weight is 428 g/mol. The molecule has 134 valence electrons. The number of anilines is 1. The van der Waals surface area contributed by atoms with Gasteiger partial charge in [0, 0.05) is 21.4 Å². The van der Waals surface area contributed by atoms with Crippen molar-refractivity contribution in [2.45, 2.75) is 5.75 Å². The largest absolute Gasteiger partial charge is 0.300 e. The Bertz CT molecular complexity index is 919. The molecule has 0 spiro atoms. The Morgan fingerprint density at radius 3 is 2.58 bits per heavy atom. The molecule has 0 unspecified atom stereocenters. The quantitative estimate of drug-likeness (QED) is 0.562. The van der Waals surface area contributed by atoms with Gasteiger partial charge in [-0.15, -0.1) is 22.0 Å². The lowest BCUT2D eigenvalue weighted by molar-refractivity contribution is -0.113. The van der Waals surface area contributed by atoms with Crippen LogP contribution >= 0.6 is 46.3 Å². The fourth-order valence-corrected chi connectivity index (χ4v) is 3.89. The zero-order chi connectivity index (χ0) is 18.5. The number of hydrogen-bond donors (Lipinski definition) is 1. The lowest BCUT2D eigenvalue weighted by atomic mass is 10.2. The Morgan fingerprint density at radius 1 is 1.12 bits per heavy atom. The topological polar surface area (TPSA) is 54.9 Å². The van der Waals surface area contributed by atoms with Crippen molar-refractivity contribution in [3.63, 3.8) is 0 Å².